The number of unbranched alkanes of at least 4 members (excludes halogenated alkanes) is 2. The third kappa shape index (κ3) is 5.50. The van der Waals surface area contributed by atoms with Crippen molar-refractivity contribution >= 4 is 13.9 Å². The number of hydrogen-bond donors (Lipinski definition) is 0. The maximum atomic E-state index is 12.1. The van der Waals surface area contributed by atoms with Crippen LogP contribution in [0.15, 0.2) is 0 Å². The van der Waals surface area contributed by atoms with E-state index in [0.717, 1.165) is 6.42 Å². The van der Waals surface area contributed by atoms with Gasteiger partial charge in [-0.3, -0.25) is 4.79 Å². The Bertz CT molecular complexity index is 191. The summed E-state index contributed by atoms with van der Waals surface area (Å²) in [6.45, 7) is 13.3. The predicted molar refractivity (Wildman–Crippen MR) is 71.1 cm³/mol. The average Bonchev–Trinajstić information content (AvgIpc) is 2.09. The van der Waals surface area contributed by atoms with Crippen LogP contribution < -0.4 is 0 Å². The number of carbonyl (C=O) groups is 1. The lowest BCUT2D eigenvalue weighted by atomic mass is 10.0. The fourth-order valence-electron chi connectivity index (χ4n) is 2.00. The molecule has 1 atom stereocenters. The molecular formula is C13H28OSi. The largest absolute Gasteiger partial charge is 0.299 e. The van der Waals surface area contributed by atoms with Gasteiger partial charge in [0.2, 0.25) is 0 Å². The highest BCUT2D eigenvalue weighted by Gasteiger charge is 2.33. The second-order valence-electron chi connectivity index (χ2n) is 5.97. The fraction of sp³-hybridized carbons (Fsp3) is 0.923. The molecule has 0 radical (unpaired) electrons. The molecule has 0 aromatic heterocycles. The average molecular weight is 228 g/mol. The Kier molecular flexibility index (Phi) is 6.42. The summed E-state index contributed by atoms with van der Waals surface area (Å²) in [4.78, 5) is 12.1. The summed E-state index contributed by atoms with van der Waals surface area (Å²) in [5.41, 5.74) is 0.379. The second-order valence-corrected chi connectivity index (χ2v) is 11.4. The number of hydrogen-bond acceptors (Lipinski definition) is 1. The Morgan fingerprint density at radius 1 is 1.13 bits per heavy atom. The van der Waals surface area contributed by atoms with E-state index in [-0.39, 0.29) is 5.92 Å². The molecule has 0 aliphatic carbocycles. The van der Waals surface area contributed by atoms with E-state index >= 15 is 0 Å². The lowest BCUT2D eigenvalue weighted by molar-refractivity contribution is -0.122. The molecule has 0 aromatic rings. The van der Waals surface area contributed by atoms with Crippen molar-refractivity contribution in [2.24, 2.45) is 5.92 Å². The SMILES string of the molecule is CCCCCC(C(=O)C(C)C)[Si](C)(C)C. The Morgan fingerprint density at radius 3 is 2.00 bits per heavy atom. The minimum atomic E-state index is -1.31. The highest BCUT2D eigenvalue weighted by atomic mass is 28.3. The molecule has 0 saturated carbocycles. The molecule has 0 aromatic carbocycles. The van der Waals surface area contributed by atoms with E-state index < -0.39 is 8.07 Å². The van der Waals surface area contributed by atoms with Crippen LogP contribution in [-0.2, 0) is 4.79 Å². The minimum Gasteiger partial charge on any atom is -0.299 e. The summed E-state index contributed by atoms with van der Waals surface area (Å²) < 4.78 is 0. The van der Waals surface area contributed by atoms with Crippen molar-refractivity contribution in [2.45, 2.75) is 71.6 Å². The molecule has 0 aliphatic rings. The minimum absolute atomic E-state index is 0.211. The number of carbonyl (C=O) groups excluding carboxylic acids is 1. The molecule has 1 nitrogen and oxygen atoms in total. The van der Waals surface area contributed by atoms with Crippen molar-refractivity contribution in [1.29, 1.82) is 0 Å². The Labute approximate surface area is 96.7 Å². The Morgan fingerprint density at radius 2 is 1.67 bits per heavy atom. The fourth-order valence-corrected chi connectivity index (χ4v) is 4.26. The monoisotopic (exact) mass is 228 g/mol. The molecule has 90 valence electrons. The van der Waals surface area contributed by atoms with E-state index in [4.69, 9.17) is 0 Å². The molecule has 0 spiro atoms. The quantitative estimate of drug-likeness (QED) is 0.463. The summed E-state index contributed by atoms with van der Waals surface area (Å²) in [7, 11) is -1.31. The second kappa shape index (κ2) is 6.47. The first-order chi connectivity index (χ1) is 6.80. The van der Waals surface area contributed by atoms with Gasteiger partial charge in [-0.1, -0.05) is 59.7 Å². The zero-order valence-electron chi connectivity index (χ0n) is 11.4. The lowest BCUT2D eigenvalue weighted by Crippen LogP contribution is -2.35. The van der Waals surface area contributed by atoms with Crippen molar-refractivity contribution in [3.8, 4) is 0 Å². The molecule has 0 amide bonds. The highest BCUT2D eigenvalue weighted by Crippen LogP contribution is 2.31. The van der Waals surface area contributed by atoms with Gasteiger partial charge in [-0.2, -0.15) is 0 Å². The first-order valence-corrected chi connectivity index (χ1v) is 9.92. The van der Waals surface area contributed by atoms with Gasteiger partial charge in [0, 0.05) is 11.5 Å². The van der Waals surface area contributed by atoms with Crippen LogP contribution in [0.25, 0.3) is 0 Å². The standard InChI is InChI=1S/C13H28OSi/c1-7-8-9-10-12(15(4,5)6)13(14)11(2)3/h11-12H,7-10H2,1-6H3. The molecule has 0 rings (SSSR count). The smallest absolute Gasteiger partial charge is 0.135 e. The maximum Gasteiger partial charge on any atom is 0.135 e. The van der Waals surface area contributed by atoms with Crippen LogP contribution in [0.5, 0.6) is 0 Å². The van der Waals surface area contributed by atoms with Crippen LogP contribution in [0.3, 0.4) is 0 Å². The molecule has 15 heavy (non-hydrogen) atoms. The van der Waals surface area contributed by atoms with Crippen LogP contribution in [0.1, 0.15) is 46.5 Å². The van der Waals surface area contributed by atoms with Crippen LogP contribution in [-0.4, -0.2) is 13.9 Å². The van der Waals surface area contributed by atoms with E-state index in [1.807, 2.05) is 13.8 Å². The third-order valence-electron chi connectivity index (χ3n) is 3.05. The van der Waals surface area contributed by atoms with E-state index in [0.29, 0.717) is 11.3 Å². The van der Waals surface area contributed by atoms with Gasteiger partial charge in [-0.25, -0.2) is 0 Å². The van der Waals surface area contributed by atoms with Crippen LogP contribution in [0.4, 0.5) is 0 Å². The molecule has 1 unspecified atom stereocenters. The van der Waals surface area contributed by atoms with E-state index in [9.17, 15) is 4.79 Å². The van der Waals surface area contributed by atoms with Gasteiger partial charge < -0.3 is 0 Å². The molecule has 0 saturated heterocycles. The van der Waals surface area contributed by atoms with Gasteiger partial charge >= 0.3 is 0 Å². The van der Waals surface area contributed by atoms with E-state index in [2.05, 4.69) is 26.6 Å². The molecule has 0 fully saturated rings. The normalized spacial score (nSPS) is 14.3. The van der Waals surface area contributed by atoms with Gasteiger partial charge in [-0.05, 0) is 6.42 Å². The summed E-state index contributed by atoms with van der Waals surface area (Å²) in [5, 5.41) is 0. The van der Waals surface area contributed by atoms with Crippen molar-refractivity contribution < 1.29 is 4.79 Å². The van der Waals surface area contributed by atoms with Crippen LogP contribution >= 0.6 is 0 Å². The maximum absolute atomic E-state index is 12.1. The first-order valence-electron chi connectivity index (χ1n) is 6.34. The number of ketones is 1. The molecule has 0 aliphatic heterocycles. The molecule has 0 bridgehead atoms. The predicted octanol–water partition coefficient (Wildman–Crippen LogP) is 4.50. The lowest BCUT2D eigenvalue weighted by Gasteiger charge is -2.29. The zero-order valence-corrected chi connectivity index (χ0v) is 12.4. The van der Waals surface area contributed by atoms with Crippen molar-refractivity contribution in [2.75, 3.05) is 0 Å². The summed E-state index contributed by atoms with van der Waals surface area (Å²) in [6, 6.07) is 0. The summed E-state index contributed by atoms with van der Waals surface area (Å²) >= 11 is 0. The van der Waals surface area contributed by atoms with Crippen molar-refractivity contribution in [1.82, 2.24) is 0 Å². The van der Waals surface area contributed by atoms with Crippen molar-refractivity contribution in [3.63, 3.8) is 0 Å². The zero-order chi connectivity index (χ0) is 12.1. The van der Waals surface area contributed by atoms with Gasteiger partial charge in [0.1, 0.15) is 5.78 Å². The van der Waals surface area contributed by atoms with E-state index in [1.165, 1.54) is 19.3 Å². The molecule has 0 N–H and O–H groups in total. The Balaban J connectivity index is 4.39. The van der Waals surface area contributed by atoms with Gasteiger partial charge in [0.05, 0.1) is 8.07 Å². The van der Waals surface area contributed by atoms with Gasteiger partial charge in [0.25, 0.3) is 0 Å². The molecule has 2 heteroatoms. The van der Waals surface area contributed by atoms with E-state index in [1.54, 1.807) is 0 Å². The first kappa shape index (κ1) is 14.9. The van der Waals surface area contributed by atoms with Gasteiger partial charge in [-0.15, -0.1) is 0 Å². The van der Waals surface area contributed by atoms with Gasteiger partial charge in [0.15, 0.2) is 0 Å². The number of rotatable bonds is 7. The molecular weight excluding hydrogens is 200 g/mol. The Hall–Kier alpha value is -0.113. The highest BCUT2D eigenvalue weighted by molar-refractivity contribution is 6.80. The molecule has 0 heterocycles. The third-order valence-corrected chi connectivity index (χ3v) is 5.72. The van der Waals surface area contributed by atoms with Crippen LogP contribution in [0, 0.1) is 5.92 Å². The topological polar surface area (TPSA) is 17.1 Å². The summed E-state index contributed by atoms with van der Waals surface area (Å²) in [5.74, 6) is 0.716. The number of Topliss-reactive ketones (excluding diaryl/α,β-unsaturated/α-hetero) is 1. The van der Waals surface area contributed by atoms with Crippen LogP contribution in [0.2, 0.25) is 25.2 Å². The van der Waals surface area contributed by atoms with Crippen molar-refractivity contribution in [3.05, 3.63) is 0 Å². The summed E-state index contributed by atoms with van der Waals surface area (Å²) in [6.07, 6.45) is 4.87.